The van der Waals surface area contributed by atoms with Gasteiger partial charge >= 0.3 is 0 Å². The predicted octanol–water partition coefficient (Wildman–Crippen LogP) is 2.34. The van der Waals surface area contributed by atoms with Gasteiger partial charge in [0.25, 0.3) is 5.91 Å². The van der Waals surface area contributed by atoms with Gasteiger partial charge in [0, 0.05) is 25.8 Å². The summed E-state index contributed by atoms with van der Waals surface area (Å²) in [7, 11) is 1.78. The third kappa shape index (κ3) is 3.47. The molecule has 1 unspecified atom stereocenters. The summed E-state index contributed by atoms with van der Waals surface area (Å²) >= 11 is 0. The fraction of sp³-hybridized carbons (Fsp3) is 0.533. The molecule has 0 spiro atoms. The van der Waals surface area contributed by atoms with Crippen LogP contribution in [0.4, 0.5) is 0 Å². The van der Waals surface area contributed by atoms with E-state index in [9.17, 15) is 9.90 Å². The van der Waals surface area contributed by atoms with Crippen molar-refractivity contribution in [1.82, 2.24) is 4.90 Å². The summed E-state index contributed by atoms with van der Waals surface area (Å²) in [6, 6.07) is 5.03. The molecule has 1 N–H and O–H groups in total. The molecule has 1 aliphatic rings. The number of phenols is 1. The van der Waals surface area contributed by atoms with Crippen molar-refractivity contribution in [2.24, 2.45) is 0 Å². The third-order valence-electron chi connectivity index (χ3n) is 3.55. The van der Waals surface area contributed by atoms with Gasteiger partial charge in [0.15, 0.2) is 0 Å². The summed E-state index contributed by atoms with van der Waals surface area (Å²) in [5.41, 5.74) is 1.29. The summed E-state index contributed by atoms with van der Waals surface area (Å²) in [5, 5.41) is 9.66. The van der Waals surface area contributed by atoms with Gasteiger partial charge in [-0.15, -0.1) is 0 Å². The molecular weight excluding hydrogens is 242 g/mol. The quantitative estimate of drug-likeness (QED) is 0.910. The molecule has 1 saturated heterocycles. The lowest BCUT2D eigenvalue weighted by atomic mass is 10.1. The van der Waals surface area contributed by atoms with Crippen LogP contribution in [0.15, 0.2) is 18.2 Å². The Hall–Kier alpha value is -1.55. The fourth-order valence-corrected chi connectivity index (χ4v) is 2.30. The van der Waals surface area contributed by atoms with Crippen molar-refractivity contribution in [1.29, 1.82) is 0 Å². The van der Waals surface area contributed by atoms with E-state index in [2.05, 4.69) is 0 Å². The number of rotatable bonds is 3. The lowest BCUT2D eigenvalue weighted by Gasteiger charge is -2.27. The minimum absolute atomic E-state index is 0.0792. The van der Waals surface area contributed by atoms with E-state index in [0.717, 1.165) is 31.4 Å². The monoisotopic (exact) mass is 263 g/mol. The van der Waals surface area contributed by atoms with Crippen LogP contribution in [0.2, 0.25) is 0 Å². The van der Waals surface area contributed by atoms with E-state index in [1.165, 1.54) is 6.07 Å². The summed E-state index contributed by atoms with van der Waals surface area (Å²) in [4.78, 5) is 13.9. The molecule has 1 aromatic carbocycles. The highest BCUT2D eigenvalue weighted by Crippen LogP contribution is 2.19. The maximum atomic E-state index is 12.2. The fourth-order valence-electron chi connectivity index (χ4n) is 2.30. The number of carbonyl (C=O) groups is 1. The number of hydrogen-bond acceptors (Lipinski definition) is 3. The first-order chi connectivity index (χ1) is 9.08. The second-order valence-electron chi connectivity index (χ2n) is 5.18. The maximum Gasteiger partial charge on any atom is 0.253 e. The number of ether oxygens (including phenoxy) is 1. The van der Waals surface area contributed by atoms with Gasteiger partial charge in [-0.25, -0.2) is 0 Å². The van der Waals surface area contributed by atoms with Gasteiger partial charge in [0.2, 0.25) is 0 Å². The zero-order chi connectivity index (χ0) is 13.8. The number of nitrogens with zero attached hydrogens (tertiary/aromatic N) is 1. The van der Waals surface area contributed by atoms with Crippen LogP contribution in [0.5, 0.6) is 5.75 Å². The first kappa shape index (κ1) is 13.9. The van der Waals surface area contributed by atoms with Crippen LogP contribution in [-0.4, -0.2) is 42.2 Å². The summed E-state index contributed by atoms with van der Waals surface area (Å²) < 4.78 is 5.63. The standard InChI is InChI=1S/C15H21NO3/c1-11-6-7-12(9-14(11)17)15(18)16(2)10-13-5-3-4-8-19-13/h6-7,9,13,17H,3-5,8,10H2,1-2H3. The van der Waals surface area contributed by atoms with E-state index in [0.29, 0.717) is 12.1 Å². The Morgan fingerprint density at radius 3 is 2.89 bits per heavy atom. The van der Waals surface area contributed by atoms with Gasteiger partial charge in [0.1, 0.15) is 5.75 Å². The van der Waals surface area contributed by atoms with Crippen LogP contribution in [0.25, 0.3) is 0 Å². The Labute approximate surface area is 114 Å². The Morgan fingerprint density at radius 1 is 1.47 bits per heavy atom. The zero-order valence-corrected chi connectivity index (χ0v) is 11.6. The van der Waals surface area contributed by atoms with Gasteiger partial charge in [-0.2, -0.15) is 0 Å². The normalized spacial score (nSPS) is 19.2. The molecule has 1 amide bonds. The van der Waals surface area contributed by atoms with Gasteiger partial charge in [-0.3, -0.25) is 4.79 Å². The average molecular weight is 263 g/mol. The van der Waals surface area contributed by atoms with Crippen molar-refractivity contribution in [3.05, 3.63) is 29.3 Å². The SMILES string of the molecule is Cc1ccc(C(=O)N(C)CC2CCCCO2)cc1O. The molecule has 104 valence electrons. The van der Waals surface area contributed by atoms with Crippen molar-refractivity contribution in [3.8, 4) is 5.75 Å². The maximum absolute atomic E-state index is 12.2. The molecule has 0 radical (unpaired) electrons. The van der Waals surface area contributed by atoms with Crippen LogP contribution in [-0.2, 0) is 4.74 Å². The van der Waals surface area contributed by atoms with E-state index in [1.54, 1.807) is 24.1 Å². The van der Waals surface area contributed by atoms with Crippen molar-refractivity contribution >= 4 is 5.91 Å². The lowest BCUT2D eigenvalue weighted by molar-refractivity contribution is -0.000191. The van der Waals surface area contributed by atoms with Gasteiger partial charge in [0.05, 0.1) is 6.10 Å². The lowest BCUT2D eigenvalue weighted by Crippen LogP contribution is -2.37. The van der Waals surface area contributed by atoms with Crippen molar-refractivity contribution in [3.63, 3.8) is 0 Å². The molecular formula is C15H21NO3. The van der Waals surface area contributed by atoms with Crippen LogP contribution in [0.1, 0.15) is 35.2 Å². The van der Waals surface area contributed by atoms with Gasteiger partial charge in [-0.1, -0.05) is 6.07 Å². The molecule has 0 aromatic heterocycles. The molecule has 4 nitrogen and oxygen atoms in total. The van der Waals surface area contributed by atoms with Crippen LogP contribution < -0.4 is 0 Å². The molecule has 19 heavy (non-hydrogen) atoms. The van der Waals surface area contributed by atoms with Crippen molar-refractivity contribution < 1.29 is 14.6 Å². The number of likely N-dealkylation sites (N-methyl/N-ethyl adjacent to an activating group) is 1. The Balaban J connectivity index is 1.99. The highest BCUT2D eigenvalue weighted by molar-refractivity contribution is 5.94. The van der Waals surface area contributed by atoms with Crippen LogP contribution in [0, 0.1) is 6.92 Å². The van der Waals surface area contributed by atoms with Crippen molar-refractivity contribution in [2.45, 2.75) is 32.3 Å². The van der Waals surface area contributed by atoms with Gasteiger partial charge in [-0.05, 0) is 43.9 Å². The third-order valence-corrected chi connectivity index (χ3v) is 3.55. The van der Waals surface area contributed by atoms with E-state index in [-0.39, 0.29) is 17.8 Å². The second kappa shape index (κ2) is 6.06. The highest BCUT2D eigenvalue weighted by Gasteiger charge is 2.20. The zero-order valence-electron chi connectivity index (χ0n) is 11.6. The topological polar surface area (TPSA) is 49.8 Å². The summed E-state index contributed by atoms with van der Waals surface area (Å²) in [6.45, 7) is 3.20. The molecule has 1 atom stereocenters. The van der Waals surface area contributed by atoms with E-state index in [4.69, 9.17) is 4.74 Å². The largest absolute Gasteiger partial charge is 0.508 e. The Kier molecular flexibility index (Phi) is 4.43. The molecule has 1 aromatic rings. The molecule has 1 aliphatic heterocycles. The predicted molar refractivity (Wildman–Crippen MR) is 73.4 cm³/mol. The van der Waals surface area contributed by atoms with Crippen LogP contribution >= 0.6 is 0 Å². The molecule has 2 rings (SSSR count). The molecule has 4 heteroatoms. The summed E-state index contributed by atoms with van der Waals surface area (Å²) in [5.74, 6) is 0.0811. The molecule has 1 fully saturated rings. The highest BCUT2D eigenvalue weighted by atomic mass is 16.5. The second-order valence-corrected chi connectivity index (χ2v) is 5.18. The van der Waals surface area contributed by atoms with Gasteiger partial charge < -0.3 is 14.7 Å². The number of hydrogen-bond donors (Lipinski definition) is 1. The Bertz CT molecular complexity index is 453. The summed E-state index contributed by atoms with van der Waals surface area (Å²) in [6.07, 6.45) is 3.43. The molecule has 0 bridgehead atoms. The minimum atomic E-state index is -0.0792. The molecule has 1 heterocycles. The van der Waals surface area contributed by atoms with E-state index < -0.39 is 0 Å². The van der Waals surface area contributed by atoms with E-state index in [1.807, 2.05) is 6.92 Å². The average Bonchev–Trinajstić information content (AvgIpc) is 2.42. The first-order valence-electron chi connectivity index (χ1n) is 6.74. The molecule has 0 aliphatic carbocycles. The number of benzene rings is 1. The van der Waals surface area contributed by atoms with Crippen molar-refractivity contribution in [2.75, 3.05) is 20.2 Å². The van der Waals surface area contributed by atoms with Crippen LogP contribution in [0.3, 0.4) is 0 Å². The number of aromatic hydroxyl groups is 1. The number of phenolic OH excluding ortho intramolecular Hbond substituents is 1. The Morgan fingerprint density at radius 2 is 2.26 bits per heavy atom. The van der Waals surface area contributed by atoms with E-state index >= 15 is 0 Å². The minimum Gasteiger partial charge on any atom is -0.508 e. The number of aryl methyl sites for hydroxylation is 1. The number of carbonyl (C=O) groups excluding carboxylic acids is 1. The molecule has 0 saturated carbocycles. The number of amides is 1. The smallest absolute Gasteiger partial charge is 0.253 e. The first-order valence-corrected chi connectivity index (χ1v) is 6.74.